The van der Waals surface area contributed by atoms with Crippen LogP contribution in [0.25, 0.3) is 11.0 Å². The van der Waals surface area contributed by atoms with E-state index < -0.39 is 21.3 Å². The Morgan fingerprint density at radius 1 is 1.38 bits per heavy atom. The Hall–Kier alpha value is -1.96. The number of benzene rings is 1. The summed E-state index contributed by atoms with van der Waals surface area (Å²) in [6.45, 7) is 3.51. The van der Waals surface area contributed by atoms with Gasteiger partial charge in [-0.15, -0.1) is 0 Å². The Kier molecular flexibility index (Phi) is 3.01. The zero-order valence-electron chi connectivity index (χ0n) is 11.5. The number of aromatic nitrogens is 1. The fourth-order valence-corrected chi connectivity index (χ4v) is 3.55. The number of halogens is 1. The highest BCUT2D eigenvalue weighted by molar-refractivity contribution is 8.05. The number of fused-ring (bicyclic) bond motifs is 1. The van der Waals surface area contributed by atoms with Gasteiger partial charge < -0.3 is 9.36 Å². The summed E-state index contributed by atoms with van der Waals surface area (Å²) in [4.78, 5) is 5.08. The normalized spacial score (nSPS) is 17.8. The number of oxime groups is 1. The first-order chi connectivity index (χ1) is 9.77. The predicted octanol–water partition coefficient (Wildman–Crippen LogP) is 2.39. The third kappa shape index (κ3) is 2.63. The van der Waals surface area contributed by atoms with Gasteiger partial charge in [0.2, 0.25) is 9.84 Å². The van der Waals surface area contributed by atoms with Crippen molar-refractivity contribution in [2.24, 2.45) is 5.16 Å². The smallest absolute Gasteiger partial charge is 0.200 e. The molecule has 6 nitrogen and oxygen atoms in total. The summed E-state index contributed by atoms with van der Waals surface area (Å²) in [6, 6.07) is 3.84. The lowest BCUT2D eigenvalue weighted by molar-refractivity contribution is 0.0123. The zero-order chi connectivity index (χ0) is 15.3. The van der Waals surface area contributed by atoms with Crippen LogP contribution in [0.4, 0.5) is 4.39 Å². The van der Waals surface area contributed by atoms with Crippen molar-refractivity contribution in [2.45, 2.75) is 31.6 Å². The molecule has 112 valence electrons. The topological polar surface area (TPSA) is 81.8 Å². The number of rotatable bonds is 2. The van der Waals surface area contributed by atoms with Crippen LogP contribution < -0.4 is 0 Å². The standard InChI is InChI=1S/C13H13FN2O4S/c1-13(2)6-12(16-20-13)21(17,18)7-10-9-4-3-8(14)5-11(9)19-15-10/h3-5H,6-7H2,1-2H3. The van der Waals surface area contributed by atoms with Crippen LogP contribution in [-0.2, 0) is 20.4 Å². The van der Waals surface area contributed by atoms with Crippen molar-refractivity contribution in [1.29, 1.82) is 0 Å². The average molecular weight is 312 g/mol. The lowest BCUT2D eigenvalue weighted by atomic mass is 10.1. The second kappa shape index (κ2) is 4.52. The molecular formula is C13H13FN2O4S. The fraction of sp³-hybridized carbons (Fsp3) is 0.385. The van der Waals surface area contributed by atoms with Crippen LogP contribution in [0.3, 0.4) is 0 Å². The van der Waals surface area contributed by atoms with E-state index in [-0.39, 0.29) is 28.5 Å². The molecule has 0 fully saturated rings. The molecule has 2 heterocycles. The first-order valence-corrected chi connectivity index (χ1v) is 7.94. The first-order valence-electron chi connectivity index (χ1n) is 6.28. The van der Waals surface area contributed by atoms with Crippen LogP contribution >= 0.6 is 0 Å². The van der Waals surface area contributed by atoms with Crippen LogP contribution in [-0.4, -0.2) is 24.2 Å². The molecule has 1 aliphatic rings. The molecule has 1 aromatic heterocycles. The largest absolute Gasteiger partial charge is 0.389 e. The van der Waals surface area contributed by atoms with Crippen molar-refractivity contribution < 1.29 is 22.2 Å². The van der Waals surface area contributed by atoms with E-state index in [2.05, 4.69) is 10.3 Å². The Bertz CT molecular complexity index is 839. The summed E-state index contributed by atoms with van der Waals surface area (Å²) < 4.78 is 42.7. The lowest BCUT2D eigenvalue weighted by Crippen LogP contribution is -2.23. The van der Waals surface area contributed by atoms with Gasteiger partial charge in [0.05, 0.1) is 0 Å². The van der Waals surface area contributed by atoms with Gasteiger partial charge in [-0.05, 0) is 26.0 Å². The molecule has 8 heteroatoms. The van der Waals surface area contributed by atoms with Gasteiger partial charge in [-0.3, -0.25) is 0 Å². The molecule has 0 saturated carbocycles. The van der Waals surface area contributed by atoms with E-state index in [1.807, 2.05) is 0 Å². The van der Waals surface area contributed by atoms with Gasteiger partial charge in [0.1, 0.15) is 22.9 Å². The second-order valence-corrected chi connectivity index (χ2v) is 7.53. The summed E-state index contributed by atoms with van der Waals surface area (Å²) in [5.74, 6) is -0.826. The van der Waals surface area contributed by atoms with Gasteiger partial charge in [0.25, 0.3) is 0 Å². The SMILES string of the molecule is CC1(C)CC(S(=O)(=O)Cc2noc3cc(F)ccc23)=NO1. The molecule has 0 atom stereocenters. The lowest BCUT2D eigenvalue weighted by Gasteiger charge is -2.13. The number of nitrogens with zero attached hydrogens (tertiary/aromatic N) is 2. The minimum atomic E-state index is -3.65. The minimum Gasteiger partial charge on any atom is -0.389 e. The molecule has 0 aliphatic carbocycles. The average Bonchev–Trinajstić information content (AvgIpc) is 2.93. The Labute approximate surface area is 120 Å². The molecule has 3 rings (SSSR count). The van der Waals surface area contributed by atoms with Crippen molar-refractivity contribution in [1.82, 2.24) is 5.16 Å². The Balaban J connectivity index is 1.92. The Morgan fingerprint density at radius 2 is 2.14 bits per heavy atom. The molecule has 1 aliphatic heterocycles. The molecule has 0 radical (unpaired) electrons. The van der Waals surface area contributed by atoms with Gasteiger partial charge in [0.15, 0.2) is 10.6 Å². The third-order valence-electron chi connectivity index (χ3n) is 3.17. The highest BCUT2D eigenvalue weighted by atomic mass is 32.2. The van der Waals surface area contributed by atoms with E-state index in [1.54, 1.807) is 13.8 Å². The quantitative estimate of drug-likeness (QED) is 0.850. The molecular weight excluding hydrogens is 299 g/mol. The molecule has 1 aromatic carbocycles. The van der Waals surface area contributed by atoms with Crippen LogP contribution in [0, 0.1) is 5.82 Å². The molecule has 0 saturated heterocycles. The molecule has 0 N–H and O–H groups in total. The highest BCUT2D eigenvalue weighted by Crippen LogP contribution is 2.27. The van der Waals surface area contributed by atoms with Crippen molar-refractivity contribution in [3.8, 4) is 0 Å². The number of hydrogen-bond donors (Lipinski definition) is 0. The molecule has 0 bridgehead atoms. The molecule has 0 unspecified atom stereocenters. The van der Waals surface area contributed by atoms with Crippen molar-refractivity contribution in [3.05, 3.63) is 29.7 Å². The van der Waals surface area contributed by atoms with Gasteiger partial charge in [-0.25, -0.2) is 12.8 Å². The third-order valence-corrected chi connectivity index (χ3v) is 4.76. The van der Waals surface area contributed by atoms with Gasteiger partial charge >= 0.3 is 0 Å². The van der Waals surface area contributed by atoms with Gasteiger partial charge in [-0.1, -0.05) is 10.3 Å². The maximum atomic E-state index is 13.1. The van der Waals surface area contributed by atoms with E-state index in [0.717, 1.165) is 6.07 Å². The summed E-state index contributed by atoms with van der Waals surface area (Å²) in [5.41, 5.74) is -0.181. The van der Waals surface area contributed by atoms with Crippen molar-refractivity contribution >= 4 is 25.9 Å². The molecule has 21 heavy (non-hydrogen) atoms. The minimum absolute atomic E-state index is 0.00855. The first kappa shape index (κ1) is 14.0. The highest BCUT2D eigenvalue weighted by Gasteiger charge is 2.36. The van der Waals surface area contributed by atoms with Crippen molar-refractivity contribution in [2.75, 3.05) is 0 Å². The predicted molar refractivity (Wildman–Crippen MR) is 73.8 cm³/mol. The fourth-order valence-electron chi connectivity index (χ4n) is 2.10. The summed E-state index contributed by atoms with van der Waals surface area (Å²) in [5, 5.41) is 7.82. The Morgan fingerprint density at radius 3 is 2.81 bits per heavy atom. The molecule has 0 spiro atoms. The molecule has 2 aromatic rings. The number of sulfone groups is 1. The monoisotopic (exact) mass is 312 g/mol. The van der Waals surface area contributed by atoms with E-state index in [9.17, 15) is 12.8 Å². The van der Waals surface area contributed by atoms with E-state index in [4.69, 9.17) is 9.36 Å². The summed E-state index contributed by atoms with van der Waals surface area (Å²) in [7, 11) is -3.65. The van der Waals surface area contributed by atoms with Crippen LogP contribution in [0.5, 0.6) is 0 Å². The van der Waals surface area contributed by atoms with E-state index in [1.165, 1.54) is 12.1 Å². The van der Waals surface area contributed by atoms with Crippen molar-refractivity contribution in [3.63, 3.8) is 0 Å². The maximum absolute atomic E-state index is 13.1. The summed E-state index contributed by atoms with van der Waals surface area (Å²) in [6.07, 6.45) is 0.208. The number of hydrogen-bond acceptors (Lipinski definition) is 6. The van der Waals surface area contributed by atoms with Gasteiger partial charge in [0, 0.05) is 17.9 Å². The van der Waals surface area contributed by atoms with Crippen LogP contribution in [0.15, 0.2) is 27.9 Å². The van der Waals surface area contributed by atoms with E-state index in [0.29, 0.717) is 5.39 Å². The van der Waals surface area contributed by atoms with Crippen LogP contribution in [0.1, 0.15) is 26.0 Å². The maximum Gasteiger partial charge on any atom is 0.200 e. The van der Waals surface area contributed by atoms with Gasteiger partial charge in [-0.2, -0.15) is 0 Å². The zero-order valence-corrected chi connectivity index (χ0v) is 12.3. The van der Waals surface area contributed by atoms with Crippen LogP contribution in [0.2, 0.25) is 0 Å². The second-order valence-electron chi connectivity index (χ2n) is 5.54. The van der Waals surface area contributed by atoms with E-state index >= 15 is 0 Å². The molecule has 0 amide bonds. The summed E-state index contributed by atoms with van der Waals surface area (Å²) >= 11 is 0.